The summed E-state index contributed by atoms with van der Waals surface area (Å²) >= 11 is 0. The number of nitrogens with zero attached hydrogens (tertiary/aromatic N) is 4. The first-order valence-electron chi connectivity index (χ1n) is 6.59. The van der Waals surface area contributed by atoms with Crippen LogP contribution in [0.15, 0.2) is 37.0 Å². The predicted molar refractivity (Wildman–Crippen MR) is 78.1 cm³/mol. The molecule has 0 aliphatic rings. The van der Waals surface area contributed by atoms with E-state index < -0.39 is 0 Å². The molecule has 1 heterocycles. The van der Waals surface area contributed by atoms with Gasteiger partial charge in [-0.1, -0.05) is 23.9 Å². The van der Waals surface area contributed by atoms with Gasteiger partial charge in [-0.25, -0.2) is 4.68 Å². The van der Waals surface area contributed by atoms with E-state index in [0.717, 1.165) is 30.2 Å². The third-order valence-electron chi connectivity index (χ3n) is 3.20. The van der Waals surface area contributed by atoms with E-state index in [2.05, 4.69) is 54.7 Å². The topological polar surface area (TPSA) is 34.0 Å². The normalized spacial score (nSPS) is 10.5. The van der Waals surface area contributed by atoms with Gasteiger partial charge >= 0.3 is 0 Å². The molecule has 0 fully saturated rings. The van der Waals surface area contributed by atoms with Crippen molar-refractivity contribution < 1.29 is 0 Å². The van der Waals surface area contributed by atoms with Crippen molar-refractivity contribution in [3.8, 4) is 5.69 Å². The van der Waals surface area contributed by atoms with Gasteiger partial charge in [-0.2, -0.15) is 0 Å². The second kappa shape index (κ2) is 5.69. The van der Waals surface area contributed by atoms with Crippen LogP contribution in [-0.2, 0) is 0 Å². The van der Waals surface area contributed by atoms with Crippen LogP contribution in [0.2, 0.25) is 0 Å². The number of aromatic nitrogens is 3. The highest BCUT2D eigenvalue weighted by Gasteiger charge is 2.10. The summed E-state index contributed by atoms with van der Waals surface area (Å²) in [5.74, 6) is 0. The maximum atomic E-state index is 4.21. The van der Waals surface area contributed by atoms with Crippen LogP contribution in [0.5, 0.6) is 0 Å². The van der Waals surface area contributed by atoms with Gasteiger partial charge in [-0.3, -0.25) is 0 Å². The summed E-state index contributed by atoms with van der Waals surface area (Å²) in [6.45, 7) is 12.2. The summed E-state index contributed by atoms with van der Waals surface area (Å²) in [5, 5.41) is 8.39. The highest BCUT2D eigenvalue weighted by molar-refractivity contribution is 5.57. The number of hydrogen-bond donors (Lipinski definition) is 0. The minimum atomic E-state index is 0.824. The highest BCUT2D eigenvalue weighted by atomic mass is 15.4. The molecule has 0 radical (unpaired) electrons. The van der Waals surface area contributed by atoms with E-state index in [-0.39, 0.29) is 0 Å². The third-order valence-corrected chi connectivity index (χ3v) is 3.20. The Bertz CT molecular complexity index is 567. The van der Waals surface area contributed by atoms with Crippen LogP contribution in [-0.4, -0.2) is 33.0 Å². The molecule has 100 valence electrons. The first-order valence-corrected chi connectivity index (χ1v) is 6.59. The molecular formula is C15H20N4. The minimum Gasteiger partial charge on any atom is -0.371 e. The fraction of sp³-hybridized carbons (Fsp3) is 0.333. The van der Waals surface area contributed by atoms with Crippen LogP contribution in [0.1, 0.15) is 25.1 Å². The molecule has 0 bridgehead atoms. The van der Waals surface area contributed by atoms with Gasteiger partial charge in [0.1, 0.15) is 5.69 Å². The van der Waals surface area contributed by atoms with Crippen molar-refractivity contribution in [1.29, 1.82) is 0 Å². The maximum Gasteiger partial charge on any atom is 0.128 e. The van der Waals surface area contributed by atoms with E-state index in [1.807, 2.05) is 18.3 Å². The van der Waals surface area contributed by atoms with Crippen LogP contribution in [0.25, 0.3) is 11.4 Å². The van der Waals surface area contributed by atoms with Gasteiger partial charge in [0.25, 0.3) is 0 Å². The summed E-state index contributed by atoms with van der Waals surface area (Å²) in [4.78, 5) is 2.17. The fourth-order valence-corrected chi connectivity index (χ4v) is 2.06. The summed E-state index contributed by atoms with van der Waals surface area (Å²) in [7, 11) is 0. The van der Waals surface area contributed by atoms with Gasteiger partial charge < -0.3 is 4.90 Å². The molecule has 2 aromatic rings. The minimum absolute atomic E-state index is 0.824. The molecule has 0 atom stereocenters. The smallest absolute Gasteiger partial charge is 0.128 e. The van der Waals surface area contributed by atoms with Crippen molar-refractivity contribution in [2.75, 3.05) is 13.1 Å². The monoisotopic (exact) mass is 256 g/mol. The Balaban J connectivity index is 2.26. The largest absolute Gasteiger partial charge is 0.371 e. The molecule has 0 spiro atoms. The molecule has 0 N–H and O–H groups in total. The van der Waals surface area contributed by atoms with Crippen molar-refractivity contribution in [2.45, 2.75) is 20.8 Å². The fourth-order valence-electron chi connectivity index (χ4n) is 2.06. The third kappa shape index (κ3) is 2.84. The molecule has 0 saturated carbocycles. The molecule has 19 heavy (non-hydrogen) atoms. The van der Waals surface area contributed by atoms with Crippen molar-refractivity contribution in [3.05, 3.63) is 48.3 Å². The van der Waals surface area contributed by atoms with E-state index in [1.165, 1.54) is 5.56 Å². The van der Waals surface area contributed by atoms with Crippen LogP contribution in [0.4, 0.5) is 0 Å². The molecule has 1 aromatic heterocycles. The van der Waals surface area contributed by atoms with Crippen molar-refractivity contribution >= 4 is 5.70 Å². The van der Waals surface area contributed by atoms with Crippen LogP contribution >= 0.6 is 0 Å². The van der Waals surface area contributed by atoms with Crippen molar-refractivity contribution in [3.63, 3.8) is 0 Å². The molecule has 0 aliphatic carbocycles. The summed E-state index contributed by atoms with van der Waals surface area (Å²) < 4.78 is 1.79. The first kappa shape index (κ1) is 13.3. The van der Waals surface area contributed by atoms with E-state index in [0.29, 0.717) is 0 Å². The van der Waals surface area contributed by atoms with E-state index >= 15 is 0 Å². The van der Waals surface area contributed by atoms with Gasteiger partial charge in [0.15, 0.2) is 0 Å². The van der Waals surface area contributed by atoms with Crippen LogP contribution < -0.4 is 0 Å². The number of rotatable bonds is 5. The van der Waals surface area contributed by atoms with E-state index in [4.69, 9.17) is 0 Å². The highest BCUT2D eigenvalue weighted by Crippen LogP contribution is 2.16. The van der Waals surface area contributed by atoms with Gasteiger partial charge in [0.2, 0.25) is 0 Å². The van der Waals surface area contributed by atoms with Crippen LogP contribution in [0, 0.1) is 6.92 Å². The van der Waals surface area contributed by atoms with Gasteiger partial charge in [-0.15, -0.1) is 5.10 Å². The lowest BCUT2D eigenvalue weighted by Gasteiger charge is -2.21. The maximum absolute atomic E-state index is 4.21. The lowest BCUT2D eigenvalue weighted by molar-refractivity contribution is 0.441. The number of benzene rings is 1. The zero-order valence-electron chi connectivity index (χ0n) is 11.8. The zero-order valence-corrected chi connectivity index (χ0v) is 11.8. The Hall–Kier alpha value is -2.10. The average molecular weight is 256 g/mol. The SMILES string of the molecule is C=C(c1cn(-c2cccc(C)c2)nn1)N(CC)CC. The zero-order chi connectivity index (χ0) is 13.8. The molecule has 0 aliphatic heterocycles. The second-order valence-electron chi connectivity index (χ2n) is 4.51. The number of aryl methyl sites for hydroxylation is 1. The van der Waals surface area contributed by atoms with Gasteiger partial charge in [0.05, 0.1) is 17.6 Å². The Labute approximate surface area is 114 Å². The van der Waals surface area contributed by atoms with Crippen molar-refractivity contribution in [1.82, 2.24) is 19.9 Å². The second-order valence-corrected chi connectivity index (χ2v) is 4.51. The molecule has 4 nitrogen and oxygen atoms in total. The lowest BCUT2D eigenvalue weighted by Crippen LogP contribution is -2.20. The lowest BCUT2D eigenvalue weighted by atomic mass is 10.2. The van der Waals surface area contributed by atoms with E-state index in [1.54, 1.807) is 4.68 Å². The Kier molecular flexibility index (Phi) is 4.00. The Morgan fingerprint density at radius 1 is 1.32 bits per heavy atom. The molecule has 0 amide bonds. The molecular weight excluding hydrogens is 236 g/mol. The quantitative estimate of drug-likeness (QED) is 0.825. The van der Waals surface area contributed by atoms with Gasteiger partial charge in [-0.05, 0) is 38.5 Å². The standard InChI is InChI=1S/C15H20N4/c1-5-18(6-2)13(4)15-11-19(17-16-15)14-9-7-8-12(3)10-14/h7-11H,4-6H2,1-3H3. The Morgan fingerprint density at radius 3 is 2.68 bits per heavy atom. The molecule has 0 unspecified atom stereocenters. The molecule has 4 heteroatoms. The molecule has 2 rings (SSSR count). The summed E-state index contributed by atoms with van der Waals surface area (Å²) in [6.07, 6.45) is 1.93. The first-order chi connectivity index (χ1) is 9.15. The summed E-state index contributed by atoms with van der Waals surface area (Å²) in [6, 6.07) is 8.19. The van der Waals surface area contributed by atoms with Crippen molar-refractivity contribution in [2.24, 2.45) is 0 Å². The molecule has 0 saturated heterocycles. The molecule has 1 aromatic carbocycles. The Morgan fingerprint density at radius 2 is 2.05 bits per heavy atom. The summed E-state index contributed by atoms with van der Waals surface area (Å²) in [5.41, 5.74) is 3.97. The average Bonchev–Trinajstić information content (AvgIpc) is 2.89. The van der Waals surface area contributed by atoms with E-state index in [9.17, 15) is 0 Å². The van der Waals surface area contributed by atoms with Crippen LogP contribution in [0.3, 0.4) is 0 Å². The predicted octanol–water partition coefficient (Wildman–Crippen LogP) is 2.89. The number of hydrogen-bond acceptors (Lipinski definition) is 3. The van der Waals surface area contributed by atoms with Gasteiger partial charge in [0, 0.05) is 13.1 Å².